The molecule has 4 rings (SSSR count). The summed E-state index contributed by atoms with van der Waals surface area (Å²) in [5.41, 5.74) is 5.75. The van der Waals surface area contributed by atoms with E-state index >= 15 is 0 Å². The van der Waals surface area contributed by atoms with Crippen molar-refractivity contribution < 1.29 is 9.53 Å². The standard InChI is InChI=1S/C24H30ClN3O2/c1-17-23(25)27-24(26-17)22(29)16-20-8-7-18(9-10-28-11-13-30-14-12-28)15-21(20)19-5-3-2-4-6-19/h5,7-8,15H,2-4,6,9-14,16H2,1H3,(H,26,27). The molecular formula is C24H30ClN3O2. The molecule has 0 spiro atoms. The third-order valence-electron chi connectivity index (χ3n) is 6.07. The molecule has 1 saturated heterocycles. The number of benzene rings is 1. The summed E-state index contributed by atoms with van der Waals surface area (Å²) in [5, 5.41) is 0.368. The van der Waals surface area contributed by atoms with E-state index in [0.29, 0.717) is 17.4 Å². The second-order valence-corrected chi connectivity index (χ2v) is 8.63. The van der Waals surface area contributed by atoms with Crippen molar-refractivity contribution >= 4 is 23.0 Å². The Labute approximate surface area is 183 Å². The van der Waals surface area contributed by atoms with Crippen molar-refractivity contribution in [2.75, 3.05) is 32.8 Å². The zero-order valence-corrected chi connectivity index (χ0v) is 18.4. The first kappa shape index (κ1) is 21.3. The van der Waals surface area contributed by atoms with E-state index in [9.17, 15) is 4.79 Å². The van der Waals surface area contributed by atoms with Gasteiger partial charge in [-0.15, -0.1) is 0 Å². The third-order valence-corrected chi connectivity index (χ3v) is 6.44. The van der Waals surface area contributed by atoms with Crippen LogP contribution in [0.3, 0.4) is 0 Å². The number of H-pyrrole nitrogens is 1. The summed E-state index contributed by atoms with van der Waals surface area (Å²) < 4.78 is 5.45. The Balaban J connectivity index is 1.54. The van der Waals surface area contributed by atoms with Crippen molar-refractivity contribution in [1.29, 1.82) is 0 Å². The smallest absolute Gasteiger partial charge is 0.202 e. The molecule has 30 heavy (non-hydrogen) atoms. The Morgan fingerprint density at radius 1 is 1.27 bits per heavy atom. The van der Waals surface area contributed by atoms with Crippen LogP contribution in [0.5, 0.6) is 0 Å². The third kappa shape index (κ3) is 5.20. The van der Waals surface area contributed by atoms with E-state index in [0.717, 1.165) is 63.4 Å². The molecule has 1 fully saturated rings. The maximum Gasteiger partial charge on any atom is 0.202 e. The average molecular weight is 428 g/mol. The number of halogens is 1. The fourth-order valence-electron chi connectivity index (χ4n) is 4.25. The summed E-state index contributed by atoms with van der Waals surface area (Å²) >= 11 is 6.03. The first-order valence-electron chi connectivity index (χ1n) is 11.0. The molecule has 2 heterocycles. The fraction of sp³-hybridized carbons (Fsp3) is 0.500. The lowest BCUT2D eigenvalue weighted by Crippen LogP contribution is -2.37. The highest BCUT2D eigenvalue weighted by Gasteiger charge is 2.18. The Bertz CT molecular complexity index is 909. The summed E-state index contributed by atoms with van der Waals surface area (Å²) in [5.74, 6) is 0.321. The van der Waals surface area contributed by atoms with Gasteiger partial charge in [-0.25, -0.2) is 4.98 Å². The van der Waals surface area contributed by atoms with E-state index < -0.39 is 0 Å². The van der Waals surface area contributed by atoms with Crippen LogP contribution in [0, 0.1) is 6.92 Å². The topological polar surface area (TPSA) is 58.2 Å². The van der Waals surface area contributed by atoms with Gasteiger partial charge in [0.2, 0.25) is 5.78 Å². The highest BCUT2D eigenvalue weighted by atomic mass is 35.5. The minimum atomic E-state index is -0.0243. The number of carbonyl (C=O) groups excluding carboxylic acids is 1. The first-order chi connectivity index (χ1) is 14.6. The number of Topliss-reactive ketones (excluding diaryl/α,β-unsaturated/α-hetero) is 1. The van der Waals surface area contributed by atoms with E-state index in [-0.39, 0.29) is 5.78 Å². The van der Waals surface area contributed by atoms with Crippen LogP contribution in [0.1, 0.15) is 58.7 Å². The van der Waals surface area contributed by atoms with Crippen LogP contribution >= 0.6 is 11.6 Å². The van der Waals surface area contributed by atoms with Crippen LogP contribution in [0.2, 0.25) is 5.15 Å². The van der Waals surface area contributed by atoms with Gasteiger partial charge in [0.15, 0.2) is 11.0 Å². The summed E-state index contributed by atoms with van der Waals surface area (Å²) in [6.45, 7) is 6.55. The van der Waals surface area contributed by atoms with Crippen molar-refractivity contribution in [3.05, 3.63) is 57.6 Å². The second-order valence-electron chi connectivity index (χ2n) is 8.27. The number of hydrogen-bond acceptors (Lipinski definition) is 4. The Morgan fingerprint density at radius 2 is 2.10 bits per heavy atom. The molecule has 0 radical (unpaired) electrons. The van der Waals surface area contributed by atoms with Crippen molar-refractivity contribution in [1.82, 2.24) is 14.9 Å². The minimum absolute atomic E-state index is 0.0243. The molecule has 2 aliphatic rings. The van der Waals surface area contributed by atoms with Gasteiger partial charge in [0, 0.05) is 26.1 Å². The van der Waals surface area contributed by atoms with Gasteiger partial charge >= 0.3 is 0 Å². The number of ether oxygens (including phenoxy) is 1. The summed E-state index contributed by atoms with van der Waals surface area (Å²) in [4.78, 5) is 22.5. The maximum atomic E-state index is 12.8. The number of carbonyl (C=O) groups is 1. The van der Waals surface area contributed by atoms with Crippen molar-refractivity contribution in [3.63, 3.8) is 0 Å². The minimum Gasteiger partial charge on any atom is -0.379 e. The Hall–Kier alpha value is -1.95. The number of allylic oxidation sites excluding steroid dienone is 2. The Kier molecular flexibility index (Phi) is 7.03. The fourth-order valence-corrected chi connectivity index (χ4v) is 4.39. The van der Waals surface area contributed by atoms with Crippen molar-refractivity contribution in [2.24, 2.45) is 0 Å². The molecular weight excluding hydrogens is 398 g/mol. The van der Waals surface area contributed by atoms with E-state index in [1.165, 1.54) is 29.5 Å². The number of hydrogen-bond donors (Lipinski definition) is 1. The SMILES string of the molecule is Cc1[nH]c(C(=O)Cc2ccc(CCN3CCOCC3)cc2C2=CCCCC2)nc1Cl. The molecule has 0 saturated carbocycles. The number of rotatable bonds is 7. The summed E-state index contributed by atoms with van der Waals surface area (Å²) in [6, 6.07) is 6.62. The molecule has 6 heteroatoms. The zero-order valence-electron chi connectivity index (χ0n) is 17.7. The van der Waals surface area contributed by atoms with Gasteiger partial charge in [0.05, 0.1) is 18.9 Å². The first-order valence-corrected chi connectivity index (χ1v) is 11.3. The summed E-state index contributed by atoms with van der Waals surface area (Å²) in [6.07, 6.45) is 8.37. The number of aromatic amines is 1. The van der Waals surface area contributed by atoms with Crippen molar-refractivity contribution in [3.8, 4) is 0 Å². The van der Waals surface area contributed by atoms with Crippen LogP contribution in [-0.2, 0) is 17.6 Å². The molecule has 0 bridgehead atoms. The molecule has 1 aromatic heterocycles. The molecule has 1 N–H and O–H groups in total. The lowest BCUT2D eigenvalue weighted by Gasteiger charge is -2.26. The Morgan fingerprint density at radius 3 is 2.80 bits per heavy atom. The van der Waals surface area contributed by atoms with Gasteiger partial charge in [0.25, 0.3) is 0 Å². The van der Waals surface area contributed by atoms with Gasteiger partial charge in [-0.2, -0.15) is 0 Å². The number of morpholine rings is 1. The van der Waals surface area contributed by atoms with E-state index in [1.807, 2.05) is 6.92 Å². The maximum absolute atomic E-state index is 12.8. The van der Waals surface area contributed by atoms with Gasteiger partial charge in [-0.3, -0.25) is 9.69 Å². The molecule has 2 aromatic rings. The van der Waals surface area contributed by atoms with E-state index in [1.54, 1.807) is 0 Å². The number of nitrogens with one attached hydrogen (secondary N) is 1. The average Bonchev–Trinajstić information content (AvgIpc) is 3.13. The predicted molar refractivity (Wildman–Crippen MR) is 120 cm³/mol. The molecule has 5 nitrogen and oxygen atoms in total. The normalized spacial score (nSPS) is 17.7. The monoisotopic (exact) mass is 427 g/mol. The summed E-state index contributed by atoms with van der Waals surface area (Å²) in [7, 11) is 0. The van der Waals surface area contributed by atoms with Gasteiger partial charge in [-0.1, -0.05) is 35.9 Å². The quantitative estimate of drug-likeness (QED) is 0.654. The lowest BCUT2D eigenvalue weighted by atomic mass is 9.87. The largest absolute Gasteiger partial charge is 0.379 e. The number of aromatic nitrogens is 2. The van der Waals surface area contributed by atoms with Crippen LogP contribution < -0.4 is 0 Å². The van der Waals surface area contributed by atoms with Gasteiger partial charge < -0.3 is 9.72 Å². The molecule has 160 valence electrons. The zero-order chi connectivity index (χ0) is 20.9. The molecule has 0 amide bonds. The van der Waals surface area contributed by atoms with Crippen LogP contribution in [0.15, 0.2) is 24.3 Å². The lowest BCUT2D eigenvalue weighted by molar-refractivity contribution is 0.0384. The number of aryl methyl sites for hydroxylation is 1. The van der Waals surface area contributed by atoms with E-state index in [4.69, 9.17) is 16.3 Å². The van der Waals surface area contributed by atoms with Gasteiger partial charge in [-0.05, 0) is 61.3 Å². The van der Waals surface area contributed by atoms with Gasteiger partial charge in [0.1, 0.15) is 0 Å². The highest BCUT2D eigenvalue weighted by molar-refractivity contribution is 6.30. The molecule has 0 atom stereocenters. The number of nitrogens with zero attached hydrogens (tertiary/aromatic N) is 2. The number of ketones is 1. The highest BCUT2D eigenvalue weighted by Crippen LogP contribution is 2.31. The van der Waals surface area contributed by atoms with E-state index in [2.05, 4.69) is 39.1 Å². The predicted octanol–water partition coefficient (Wildman–Crippen LogP) is 4.63. The second kappa shape index (κ2) is 9.90. The molecule has 1 aliphatic carbocycles. The van der Waals surface area contributed by atoms with Crippen LogP contribution in [0.4, 0.5) is 0 Å². The molecule has 0 unspecified atom stereocenters. The van der Waals surface area contributed by atoms with Crippen LogP contribution in [0.25, 0.3) is 5.57 Å². The number of imidazole rings is 1. The molecule has 1 aliphatic heterocycles. The van der Waals surface area contributed by atoms with Crippen molar-refractivity contribution in [2.45, 2.75) is 45.4 Å². The molecule has 1 aromatic carbocycles. The van der Waals surface area contributed by atoms with Crippen LogP contribution in [-0.4, -0.2) is 53.5 Å².